The molecule has 4 heterocycles. The topological polar surface area (TPSA) is 53.9 Å². The predicted octanol–water partition coefficient (Wildman–Crippen LogP) is 15.5. The Kier molecular flexibility index (Phi) is 12.6. The Bertz CT molecular complexity index is 3190. The molecule has 2 aromatic heterocycles. The van der Waals surface area contributed by atoms with Gasteiger partial charge in [0.05, 0.1) is 22.6 Å². The number of para-hydroxylation sites is 1. The van der Waals surface area contributed by atoms with E-state index in [1.165, 1.54) is 38.9 Å². The molecule has 0 radical (unpaired) electrons. The van der Waals surface area contributed by atoms with Crippen molar-refractivity contribution < 1.29 is 25.8 Å². The Balaban J connectivity index is 0.00000608. The van der Waals surface area contributed by atoms with E-state index in [1.807, 2.05) is 42.7 Å². The van der Waals surface area contributed by atoms with Gasteiger partial charge in [0.25, 0.3) is 0 Å². The minimum atomic E-state index is -0.622. The fourth-order valence-corrected chi connectivity index (χ4v) is 11.0. The number of aliphatic imine (C=N–C) groups is 1. The third-order valence-corrected chi connectivity index (χ3v) is 14.7. The van der Waals surface area contributed by atoms with E-state index in [-0.39, 0.29) is 37.8 Å². The molecule has 1 atom stereocenters. The summed E-state index contributed by atoms with van der Waals surface area (Å²) in [6.45, 7) is 24.9. The molecule has 0 bridgehead atoms. The maximum atomic E-state index is 7.06. The van der Waals surface area contributed by atoms with Crippen molar-refractivity contribution in [1.29, 1.82) is 0 Å². The van der Waals surface area contributed by atoms with E-state index in [2.05, 4.69) is 219 Å². The summed E-state index contributed by atoms with van der Waals surface area (Å²) in [5, 5.41) is 0. The van der Waals surface area contributed by atoms with E-state index >= 15 is 0 Å². The number of nitrogens with zero attached hydrogens (tertiary/aromatic N) is 5. The molecule has 6 nitrogen and oxygen atoms in total. The van der Waals surface area contributed by atoms with Crippen molar-refractivity contribution in [1.82, 2.24) is 9.97 Å². The van der Waals surface area contributed by atoms with Gasteiger partial charge in [-0.05, 0) is 116 Å². The van der Waals surface area contributed by atoms with Gasteiger partial charge in [0.1, 0.15) is 5.82 Å². The van der Waals surface area contributed by atoms with Gasteiger partial charge in [-0.25, -0.2) is 4.98 Å². The second-order valence-corrected chi connectivity index (χ2v) is 21.2. The van der Waals surface area contributed by atoms with Crippen LogP contribution in [0.25, 0.3) is 11.3 Å². The van der Waals surface area contributed by atoms with Gasteiger partial charge in [0.2, 0.25) is 0 Å². The Labute approximate surface area is 429 Å². The zero-order valence-corrected chi connectivity index (χ0v) is 44.4. The Morgan fingerprint density at radius 1 is 0.614 bits per heavy atom. The predicted molar refractivity (Wildman–Crippen MR) is 284 cm³/mol. The molecule has 2 aliphatic heterocycles. The molecule has 0 aliphatic carbocycles. The van der Waals surface area contributed by atoms with Crippen LogP contribution in [0.2, 0.25) is 0 Å². The van der Waals surface area contributed by atoms with Crippen LogP contribution in [-0.2, 0) is 31.9 Å². The molecular formula is C63H61N5OPt. The van der Waals surface area contributed by atoms with Gasteiger partial charge in [-0.1, -0.05) is 161 Å². The van der Waals surface area contributed by atoms with Gasteiger partial charge in [-0.2, -0.15) is 6.07 Å². The average Bonchev–Trinajstić information content (AvgIpc) is 3.53. The van der Waals surface area contributed by atoms with Crippen molar-refractivity contribution in [2.45, 2.75) is 104 Å². The quantitative estimate of drug-likeness (QED) is 0.135. The molecule has 70 heavy (non-hydrogen) atoms. The summed E-state index contributed by atoms with van der Waals surface area (Å²) in [6, 6.07) is 61.4. The van der Waals surface area contributed by atoms with Gasteiger partial charge in [-0.15, -0.1) is 29.3 Å². The van der Waals surface area contributed by atoms with Crippen molar-refractivity contribution in [3.8, 4) is 22.8 Å². The zero-order chi connectivity index (χ0) is 48.5. The Morgan fingerprint density at radius 3 is 1.90 bits per heavy atom. The van der Waals surface area contributed by atoms with Crippen LogP contribution in [0.4, 0.5) is 22.9 Å². The minimum Gasteiger partial charge on any atom is -0.503 e. The van der Waals surface area contributed by atoms with Gasteiger partial charge < -0.3 is 19.5 Å². The number of pyridine rings is 2. The number of aryl methyl sites for hydroxylation is 3. The first-order valence-electron chi connectivity index (χ1n) is 24.1. The number of ether oxygens (including phenoxy) is 1. The van der Waals surface area contributed by atoms with Crippen LogP contribution in [0.1, 0.15) is 111 Å². The van der Waals surface area contributed by atoms with E-state index in [1.54, 1.807) is 0 Å². The number of hydrogen-bond acceptors (Lipinski definition) is 6. The summed E-state index contributed by atoms with van der Waals surface area (Å²) in [7, 11) is 0. The number of hydrogen-bond donors (Lipinski definition) is 0. The van der Waals surface area contributed by atoms with Crippen molar-refractivity contribution >= 4 is 28.7 Å². The molecule has 10 rings (SSSR count). The largest absolute Gasteiger partial charge is 2.00 e. The molecule has 0 N–H and O–H groups in total. The van der Waals surface area contributed by atoms with Crippen LogP contribution in [0, 0.1) is 32.9 Å². The first kappa shape index (κ1) is 48.4. The standard InChI is InChI=1S/C63H61N5O.Pt/c1-41-34-42(2)58(43(3)35-41)68-59(66-62(9,10)63(68,11)57(44-22-14-12-15-23-44)45-24-16-13-17-25-45)47-36-46(53-27-20-21-32-64-53)37-50(38-47)69-49-29-30-52-55(40-49)67(54-28-19-18-26-51(54)61(52,7)8)56-39-48(31-33-65-56)60(4,5)6;/h12-37,39,57H,1-11H3;/q-2;+2/t63-;/m0./s1. The molecule has 0 amide bonds. The number of fused-ring (bicyclic) bond motifs is 2. The molecule has 6 aromatic carbocycles. The summed E-state index contributed by atoms with van der Waals surface area (Å²) >= 11 is 0. The van der Waals surface area contributed by atoms with Crippen molar-refractivity contribution in [3.63, 3.8) is 0 Å². The first-order chi connectivity index (χ1) is 33.0. The van der Waals surface area contributed by atoms with Crippen LogP contribution in [-0.4, -0.2) is 26.9 Å². The number of aromatic nitrogens is 2. The third kappa shape index (κ3) is 8.38. The van der Waals surface area contributed by atoms with Crippen LogP contribution in [0.3, 0.4) is 0 Å². The smallest absolute Gasteiger partial charge is 0.503 e. The van der Waals surface area contributed by atoms with E-state index in [9.17, 15) is 0 Å². The second-order valence-electron chi connectivity index (χ2n) is 21.2. The Hall–Kier alpha value is -6.62. The fraction of sp³-hybridized carbons (Fsp3) is 0.254. The van der Waals surface area contributed by atoms with Gasteiger partial charge in [0, 0.05) is 41.2 Å². The van der Waals surface area contributed by atoms with E-state index < -0.39 is 11.1 Å². The average molecular weight is 1100 g/mol. The maximum absolute atomic E-state index is 7.06. The number of rotatable bonds is 9. The second kappa shape index (κ2) is 18.3. The molecule has 0 spiro atoms. The molecule has 7 heteroatoms. The summed E-state index contributed by atoms with van der Waals surface area (Å²) in [5.74, 6) is 2.68. The molecule has 2 aliphatic rings. The van der Waals surface area contributed by atoms with Crippen molar-refractivity contribution in [2.24, 2.45) is 4.99 Å². The van der Waals surface area contributed by atoms with Crippen molar-refractivity contribution in [2.75, 3.05) is 9.80 Å². The number of anilines is 4. The Morgan fingerprint density at radius 2 is 1.26 bits per heavy atom. The van der Waals surface area contributed by atoms with E-state index in [0.717, 1.165) is 51.1 Å². The summed E-state index contributed by atoms with van der Waals surface area (Å²) in [5.41, 5.74) is 13.6. The molecule has 8 aromatic rings. The van der Waals surface area contributed by atoms with Gasteiger partial charge in [0.15, 0.2) is 0 Å². The third-order valence-electron chi connectivity index (χ3n) is 14.7. The fourth-order valence-electron chi connectivity index (χ4n) is 11.0. The van der Waals surface area contributed by atoms with Crippen LogP contribution in [0.5, 0.6) is 11.5 Å². The van der Waals surface area contributed by atoms with Gasteiger partial charge >= 0.3 is 21.1 Å². The van der Waals surface area contributed by atoms with Crippen LogP contribution < -0.4 is 14.5 Å². The molecule has 354 valence electrons. The number of benzene rings is 6. The first-order valence-corrected chi connectivity index (χ1v) is 24.1. The number of amidine groups is 1. The molecule has 0 unspecified atom stereocenters. The molecule has 0 fully saturated rings. The monoisotopic (exact) mass is 1100 g/mol. The van der Waals surface area contributed by atoms with Crippen LogP contribution in [0.15, 0.2) is 169 Å². The van der Waals surface area contributed by atoms with Crippen LogP contribution >= 0.6 is 0 Å². The molecular weight excluding hydrogens is 1040 g/mol. The maximum Gasteiger partial charge on any atom is 2.00 e. The normalized spacial score (nSPS) is 16.8. The summed E-state index contributed by atoms with van der Waals surface area (Å²) < 4.78 is 7.06. The van der Waals surface area contributed by atoms with Gasteiger partial charge in [-0.3, -0.25) is 4.98 Å². The molecule has 0 saturated heterocycles. The van der Waals surface area contributed by atoms with E-state index in [0.29, 0.717) is 11.5 Å². The summed E-state index contributed by atoms with van der Waals surface area (Å²) in [6.07, 6.45) is 3.75. The van der Waals surface area contributed by atoms with Crippen molar-refractivity contribution in [3.05, 3.63) is 226 Å². The van der Waals surface area contributed by atoms with E-state index in [4.69, 9.17) is 19.7 Å². The zero-order valence-electron chi connectivity index (χ0n) is 42.1. The minimum absolute atomic E-state index is 0. The molecule has 0 saturated carbocycles. The SMILES string of the molecule is Cc1cc(C)c(N2C(c3[c-]c(Oc4[c-]c5c(cc4)C(C)(C)c4ccccc4N5c4cc(C(C)(C)C)ccn4)cc(-c4ccccn4)c3)=NC(C)(C)[C@]2(C)C(c2ccccc2)c2ccccc2)c(C)c1.[Pt+2]. The summed E-state index contributed by atoms with van der Waals surface area (Å²) in [4.78, 5) is 20.5.